The maximum Gasteiger partial charge on any atom is 0.453 e. The third-order valence-electron chi connectivity index (χ3n) is 6.88. The first-order chi connectivity index (χ1) is 20.5. The predicted octanol–water partition coefficient (Wildman–Crippen LogP) is 8.24. The molecule has 234 valence electrons. The fourth-order valence-corrected chi connectivity index (χ4v) is 5.80. The second-order valence-corrected chi connectivity index (χ2v) is 11.8. The maximum absolute atomic E-state index is 12.9. The molecule has 0 heterocycles. The Morgan fingerprint density at radius 3 is 2.00 bits per heavy atom. The summed E-state index contributed by atoms with van der Waals surface area (Å²) in [5, 5.41) is 13.0. The van der Waals surface area contributed by atoms with Gasteiger partial charge in [-0.15, -0.1) is 0 Å². The van der Waals surface area contributed by atoms with E-state index in [1.54, 1.807) is 12.1 Å². The average Bonchev–Trinajstić information content (AvgIpc) is 2.98. The number of halogens is 5. The average molecular weight is 624 g/mol. The fraction of sp³-hybridized carbons (Fsp3) is 0.394. The van der Waals surface area contributed by atoms with Gasteiger partial charge in [-0.05, 0) is 84.3 Å². The summed E-state index contributed by atoms with van der Waals surface area (Å²) >= 11 is -1.42. The Bertz CT molecular complexity index is 1270. The molecule has 0 fully saturated rings. The summed E-state index contributed by atoms with van der Waals surface area (Å²) in [6.45, 7) is 3.79. The molecule has 43 heavy (non-hydrogen) atoms. The van der Waals surface area contributed by atoms with Gasteiger partial charge >= 0.3 is 12.1 Å². The van der Waals surface area contributed by atoms with Crippen molar-refractivity contribution in [3.63, 3.8) is 0 Å². The van der Waals surface area contributed by atoms with E-state index in [1.807, 2.05) is 54.6 Å². The normalized spacial score (nSPS) is 13.5. The number of phenols is 1. The van der Waals surface area contributed by atoms with Crippen LogP contribution in [0.25, 0.3) is 11.1 Å². The molecule has 0 radical (unpaired) electrons. The van der Waals surface area contributed by atoms with Gasteiger partial charge in [-0.1, -0.05) is 72.7 Å². The zero-order valence-electron chi connectivity index (χ0n) is 24.1. The van der Waals surface area contributed by atoms with Gasteiger partial charge in [-0.25, -0.2) is 0 Å². The zero-order chi connectivity index (χ0) is 31.3. The second-order valence-electron chi connectivity index (χ2n) is 10.1. The van der Waals surface area contributed by atoms with E-state index < -0.39 is 36.1 Å². The lowest BCUT2D eigenvalue weighted by Crippen LogP contribution is -2.36. The number of aromatic hydroxyl groups is 1. The molecule has 1 unspecified atom stereocenters. The van der Waals surface area contributed by atoms with Gasteiger partial charge in [0.2, 0.25) is 0 Å². The van der Waals surface area contributed by atoms with Crippen LogP contribution in [0.2, 0.25) is 0 Å². The molecule has 0 saturated heterocycles. The first-order valence-electron chi connectivity index (χ1n) is 14.3. The molecule has 0 spiro atoms. The van der Waals surface area contributed by atoms with Gasteiger partial charge in [0.25, 0.3) is 0 Å². The van der Waals surface area contributed by atoms with Gasteiger partial charge in [0.1, 0.15) is 29.6 Å². The molecule has 0 aliphatic rings. The number of hydrogen-bond acceptors (Lipinski definition) is 4. The summed E-state index contributed by atoms with van der Waals surface area (Å²) in [7, 11) is 0. The van der Waals surface area contributed by atoms with Crippen LogP contribution in [0.1, 0.15) is 55.7 Å². The number of unbranched alkanes of at least 4 members (excludes halogenated alkanes) is 1. The van der Waals surface area contributed by atoms with E-state index in [4.69, 9.17) is 4.74 Å². The van der Waals surface area contributed by atoms with E-state index in [9.17, 15) is 31.6 Å². The number of alkyl halides is 5. The standard InChI is InChI=1S/C33H38F5NO3S/c1-2-30(25-9-4-3-5-10-25)31(26-11-15-28(40)16-12-26)27-13-17-29(18-14-27)42-22-21-39-20-6-7-23-43(41)24-8-19-32(34,35)33(36,37)38/h3-5,9-18,39-40H,2,6-8,19-24H2,1H3. The highest BCUT2D eigenvalue weighted by atomic mass is 32.2. The number of benzene rings is 3. The summed E-state index contributed by atoms with van der Waals surface area (Å²) in [5.41, 5.74) is 5.45. The number of phenolic OH excluding ortho intramolecular Hbond substituents is 1. The summed E-state index contributed by atoms with van der Waals surface area (Å²) in [5.74, 6) is -3.70. The Morgan fingerprint density at radius 2 is 1.40 bits per heavy atom. The molecule has 4 nitrogen and oxygen atoms in total. The molecule has 3 aromatic rings. The van der Waals surface area contributed by atoms with E-state index in [2.05, 4.69) is 24.4 Å². The van der Waals surface area contributed by atoms with E-state index in [-0.39, 0.29) is 17.3 Å². The second kappa shape index (κ2) is 16.7. The van der Waals surface area contributed by atoms with Gasteiger partial charge in [-0.2, -0.15) is 22.0 Å². The van der Waals surface area contributed by atoms with Crippen LogP contribution >= 0.6 is 0 Å². The summed E-state index contributed by atoms with van der Waals surface area (Å²) in [4.78, 5) is 0. The first-order valence-corrected chi connectivity index (χ1v) is 15.8. The van der Waals surface area contributed by atoms with Crippen LogP contribution in [0.15, 0.2) is 78.9 Å². The highest BCUT2D eigenvalue weighted by Gasteiger charge is 2.56. The van der Waals surface area contributed by atoms with Crippen molar-refractivity contribution in [1.82, 2.24) is 5.32 Å². The van der Waals surface area contributed by atoms with E-state index in [1.165, 1.54) is 5.57 Å². The van der Waals surface area contributed by atoms with Gasteiger partial charge in [-0.3, -0.25) is 0 Å². The Morgan fingerprint density at radius 1 is 0.791 bits per heavy atom. The van der Waals surface area contributed by atoms with Gasteiger partial charge < -0.3 is 19.7 Å². The van der Waals surface area contributed by atoms with Crippen molar-refractivity contribution in [2.24, 2.45) is 0 Å². The largest absolute Gasteiger partial charge is 0.616 e. The van der Waals surface area contributed by atoms with Crippen molar-refractivity contribution < 1.29 is 36.3 Å². The Labute approximate surface area is 253 Å². The molecule has 0 amide bonds. The van der Waals surface area contributed by atoms with E-state index in [0.717, 1.165) is 34.4 Å². The molecule has 3 rings (SSSR count). The summed E-state index contributed by atoms with van der Waals surface area (Å²) in [6.07, 6.45) is -5.23. The van der Waals surface area contributed by atoms with Crippen molar-refractivity contribution in [3.8, 4) is 11.5 Å². The highest BCUT2D eigenvalue weighted by Crippen LogP contribution is 2.39. The van der Waals surface area contributed by atoms with Crippen LogP contribution in [0.5, 0.6) is 11.5 Å². The number of rotatable bonds is 17. The quantitative estimate of drug-likeness (QED) is 0.0688. The lowest BCUT2D eigenvalue weighted by atomic mass is 9.88. The Balaban J connectivity index is 1.43. The number of hydrogen-bond donors (Lipinski definition) is 2. The molecule has 0 aliphatic heterocycles. The predicted molar refractivity (Wildman–Crippen MR) is 163 cm³/mol. The molecule has 2 N–H and O–H groups in total. The van der Waals surface area contributed by atoms with Gasteiger partial charge in [0, 0.05) is 13.0 Å². The molecular formula is C33H38F5NO3S. The Kier molecular flexibility index (Phi) is 13.3. The minimum atomic E-state index is -5.57. The van der Waals surface area contributed by atoms with Crippen molar-refractivity contribution in [3.05, 3.63) is 95.6 Å². The maximum atomic E-state index is 12.9. The van der Waals surface area contributed by atoms with Crippen LogP contribution in [0.4, 0.5) is 22.0 Å². The van der Waals surface area contributed by atoms with E-state index >= 15 is 0 Å². The number of nitrogens with one attached hydrogen (secondary N) is 1. The first kappa shape index (κ1) is 34.4. The monoisotopic (exact) mass is 623 g/mol. The van der Waals surface area contributed by atoms with Crippen LogP contribution in [0, 0.1) is 0 Å². The molecule has 0 saturated carbocycles. The third-order valence-corrected chi connectivity index (χ3v) is 8.37. The van der Waals surface area contributed by atoms with Crippen LogP contribution < -0.4 is 10.1 Å². The van der Waals surface area contributed by atoms with Crippen LogP contribution in [-0.2, 0) is 11.2 Å². The van der Waals surface area contributed by atoms with Crippen molar-refractivity contribution in [2.45, 2.75) is 51.1 Å². The number of ether oxygens (including phenoxy) is 1. The SMILES string of the molecule is CCC(=C(c1ccc(O)cc1)c1ccc(OCCNCCCC[S+]([O-])CCCC(F)(F)C(F)(F)F)cc1)c1ccccc1. The van der Waals surface area contributed by atoms with Crippen LogP contribution in [0.3, 0.4) is 0 Å². The fourth-order valence-electron chi connectivity index (χ4n) is 4.60. The zero-order valence-corrected chi connectivity index (χ0v) is 25.0. The van der Waals surface area contributed by atoms with Gasteiger partial charge in [0.15, 0.2) is 0 Å². The lowest BCUT2D eigenvalue weighted by Gasteiger charge is -2.19. The number of allylic oxidation sites excluding steroid dienone is 1. The molecule has 0 aliphatic carbocycles. The highest BCUT2D eigenvalue weighted by molar-refractivity contribution is 7.91. The molecule has 3 aromatic carbocycles. The van der Waals surface area contributed by atoms with E-state index in [0.29, 0.717) is 32.5 Å². The van der Waals surface area contributed by atoms with Crippen LogP contribution in [-0.4, -0.2) is 53.0 Å². The van der Waals surface area contributed by atoms with Gasteiger partial charge in [0.05, 0.1) is 0 Å². The third kappa shape index (κ3) is 10.9. The smallest absolute Gasteiger partial charge is 0.453 e. The van der Waals surface area contributed by atoms with Crippen molar-refractivity contribution in [2.75, 3.05) is 31.2 Å². The summed E-state index contributed by atoms with van der Waals surface area (Å²) in [6, 6.07) is 25.3. The topological polar surface area (TPSA) is 64.5 Å². The minimum absolute atomic E-state index is 0.163. The molecule has 0 bridgehead atoms. The van der Waals surface area contributed by atoms with Crippen molar-refractivity contribution >= 4 is 22.3 Å². The summed E-state index contributed by atoms with van der Waals surface area (Å²) < 4.78 is 80.2. The lowest BCUT2D eigenvalue weighted by molar-refractivity contribution is -0.284. The Hall–Kier alpha value is -3.08. The molecule has 10 heteroatoms. The van der Waals surface area contributed by atoms with Crippen molar-refractivity contribution in [1.29, 1.82) is 0 Å². The molecule has 0 aromatic heterocycles. The molecular weight excluding hydrogens is 585 g/mol. The minimum Gasteiger partial charge on any atom is -0.616 e. The molecule has 1 atom stereocenters.